The lowest BCUT2D eigenvalue weighted by molar-refractivity contribution is 0.474. The van der Waals surface area contributed by atoms with Crippen molar-refractivity contribution in [3.05, 3.63) is 53.1 Å². The van der Waals surface area contributed by atoms with Crippen LogP contribution in [0.4, 0.5) is 0 Å². The molecule has 0 N–H and O–H groups in total. The molecule has 106 valence electrons. The van der Waals surface area contributed by atoms with Crippen LogP contribution < -0.4 is 4.74 Å². The molecule has 0 amide bonds. The summed E-state index contributed by atoms with van der Waals surface area (Å²) in [5.41, 5.74) is 3.83. The van der Waals surface area contributed by atoms with E-state index in [9.17, 15) is 0 Å². The molecule has 0 atom stereocenters. The highest BCUT2D eigenvalue weighted by Crippen LogP contribution is 2.32. The third-order valence-electron chi connectivity index (χ3n) is 3.36. The first-order chi connectivity index (χ1) is 9.65. The molecule has 0 heterocycles. The highest BCUT2D eigenvalue weighted by Gasteiger charge is 2.08. The zero-order valence-electron chi connectivity index (χ0n) is 12.7. The fourth-order valence-corrected chi connectivity index (χ4v) is 3.26. The molecule has 0 fully saturated rings. The molecule has 2 aromatic rings. The number of hydrogen-bond acceptors (Lipinski definition) is 2. The van der Waals surface area contributed by atoms with Crippen LogP contribution in [-0.4, -0.2) is 6.26 Å². The van der Waals surface area contributed by atoms with Crippen molar-refractivity contribution < 1.29 is 4.74 Å². The van der Waals surface area contributed by atoms with Crippen molar-refractivity contribution in [1.82, 2.24) is 0 Å². The highest BCUT2D eigenvalue weighted by atomic mass is 32.2. The van der Waals surface area contributed by atoms with E-state index >= 15 is 0 Å². The van der Waals surface area contributed by atoms with Gasteiger partial charge in [0, 0.05) is 4.90 Å². The van der Waals surface area contributed by atoms with Crippen molar-refractivity contribution in [2.24, 2.45) is 0 Å². The summed E-state index contributed by atoms with van der Waals surface area (Å²) < 4.78 is 6.11. The van der Waals surface area contributed by atoms with E-state index in [0.29, 0.717) is 0 Å². The zero-order chi connectivity index (χ0) is 14.5. The van der Waals surface area contributed by atoms with Crippen molar-refractivity contribution in [3.8, 4) is 11.5 Å². The van der Waals surface area contributed by atoms with E-state index in [2.05, 4.69) is 57.4 Å². The second kappa shape index (κ2) is 6.85. The van der Waals surface area contributed by atoms with E-state index in [-0.39, 0.29) is 0 Å². The van der Waals surface area contributed by atoms with Gasteiger partial charge in [-0.25, -0.2) is 0 Å². The lowest BCUT2D eigenvalue weighted by Gasteiger charge is -2.14. The van der Waals surface area contributed by atoms with Gasteiger partial charge in [0.05, 0.1) is 0 Å². The van der Waals surface area contributed by atoms with Gasteiger partial charge in [-0.1, -0.05) is 31.5 Å². The standard InChI is InChI=1S/C18H22OS/c1-5-8-15-9-6-7-10-17(15)19-16-11-13(2)18(20-4)14(3)12-16/h6-7,9-12H,5,8H2,1-4H3. The van der Waals surface area contributed by atoms with Gasteiger partial charge in [0.2, 0.25) is 0 Å². The number of hydrogen-bond donors (Lipinski definition) is 0. The summed E-state index contributed by atoms with van der Waals surface area (Å²) in [4.78, 5) is 1.35. The Labute approximate surface area is 126 Å². The third kappa shape index (κ3) is 3.37. The predicted octanol–water partition coefficient (Wildman–Crippen LogP) is 5.77. The molecule has 0 aromatic heterocycles. The van der Waals surface area contributed by atoms with Gasteiger partial charge >= 0.3 is 0 Å². The summed E-state index contributed by atoms with van der Waals surface area (Å²) >= 11 is 1.79. The maximum absolute atomic E-state index is 6.11. The molecule has 1 nitrogen and oxygen atoms in total. The van der Waals surface area contributed by atoms with Crippen molar-refractivity contribution in [2.45, 2.75) is 38.5 Å². The highest BCUT2D eigenvalue weighted by molar-refractivity contribution is 7.98. The summed E-state index contributed by atoms with van der Waals surface area (Å²) in [6.07, 6.45) is 4.30. The van der Waals surface area contributed by atoms with Crippen LogP contribution in [0.5, 0.6) is 11.5 Å². The smallest absolute Gasteiger partial charge is 0.130 e. The van der Waals surface area contributed by atoms with Crippen LogP contribution in [0.3, 0.4) is 0 Å². The average molecular weight is 286 g/mol. The van der Waals surface area contributed by atoms with E-state index in [0.717, 1.165) is 24.3 Å². The number of ether oxygens (including phenoxy) is 1. The first kappa shape index (κ1) is 15.0. The van der Waals surface area contributed by atoms with Crippen LogP contribution in [-0.2, 0) is 6.42 Å². The normalized spacial score (nSPS) is 10.6. The van der Waals surface area contributed by atoms with Gasteiger partial charge in [-0.05, 0) is 61.4 Å². The fourth-order valence-electron chi connectivity index (χ4n) is 2.50. The first-order valence-electron chi connectivity index (χ1n) is 7.06. The molecule has 0 aliphatic rings. The molecule has 0 radical (unpaired) electrons. The van der Waals surface area contributed by atoms with Gasteiger partial charge < -0.3 is 4.74 Å². The van der Waals surface area contributed by atoms with Crippen LogP contribution in [0, 0.1) is 13.8 Å². The predicted molar refractivity (Wildman–Crippen MR) is 88.2 cm³/mol. The largest absolute Gasteiger partial charge is 0.457 e. The minimum absolute atomic E-state index is 0.932. The molecule has 0 aliphatic carbocycles. The Bertz CT molecular complexity index is 567. The summed E-state index contributed by atoms with van der Waals surface area (Å²) in [6, 6.07) is 12.6. The maximum atomic E-state index is 6.11. The fraction of sp³-hybridized carbons (Fsp3) is 0.333. The summed E-state index contributed by atoms with van der Waals surface area (Å²) in [6.45, 7) is 6.48. The molecule has 0 saturated heterocycles. The molecule has 2 rings (SSSR count). The van der Waals surface area contributed by atoms with Crippen molar-refractivity contribution >= 4 is 11.8 Å². The van der Waals surface area contributed by atoms with Crippen LogP contribution in [0.2, 0.25) is 0 Å². The number of thioether (sulfide) groups is 1. The Hall–Kier alpha value is -1.41. The van der Waals surface area contributed by atoms with Gasteiger partial charge in [-0.2, -0.15) is 0 Å². The molecule has 2 heteroatoms. The van der Waals surface area contributed by atoms with Crippen LogP contribution in [0.15, 0.2) is 41.3 Å². The minimum atomic E-state index is 0.932. The number of rotatable bonds is 5. The second-order valence-electron chi connectivity index (χ2n) is 5.05. The topological polar surface area (TPSA) is 9.23 Å². The first-order valence-corrected chi connectivity index (χ1v) is 8.29. The van der Waals surface area contributed by atoms with Crippen LogP contribution >= 0.6 is 11.8 Å². The Balaban J connectivity index is 2.31. The Kier molecular flexibility index (Phi) is 5.13. The molecular formula is C18H22OS. The second-order valence-corrected chi connectivity index (χ2v) is 5.87. The van der Waals surface area contributed by atoms with Crippen molar-refractivity contribution in [2.75, 3.05) is 6.26 Å². The monoisotopic (exact) mass is 286 g/mol. The molecular weight excluding hydrogens is 264 g/mol. The molecule has 0 unspecified atom stereocenters. The number of para-hydroxylation sites is 1. The number of benzene rings is 2. The summed E-state index contributed by atoms with van der Waals surface area (Å²) in [5.74, 6) is 1.91. The molecule has 2 aromatic carbocycles. The van der Waals surface area contributed by atoms with E-state index < -0.39 is 0 Å². The zero-order valence-corrected chi connectivity index (χ0v) is 13.5. The van der Waals surface area contributed by atoms with Gasteiger partial charge in [0.15, 0.2) is 0 Å². The Morgan fingerprint density at radius 3 is 2.30 bits per heavy atom. The molecule has 0 spiro atoms. The van der Waals surface area contributed by atoms with E-state index in [4.69, 9.17) is 4.74 Å². The Morgan fingerprint density at radius 1 is 1.05 bits per heavy atom. The van der Waals surface area contributed by atoms with Gasteiger partial charge in [0.25, 0.3) is 0 Å². The van der Waals surface area contributed by atoms with Crippen molar-refractivity contribution in [3.63, 3.8) is 0 Å². The number of aryl methyl sites for hydroxylation is 3. The van der Waals surface area contributed by atoms with Crippen LogP contribution in [0.25, 0.3) is 0 Å². The molecule has 0 bridgehead atoms. The van der Waals surface area contributed by atoms with Crippen LogP contribution in [0.1, 0.15) is 30.0 Å². The molecule has 20 heavy (non-hydrogen) atoms. The summed E-state index contributed by atoms with van der Waals surface area (Å²) in [7, 11) is 0. The van der Waals surface area contributed by atoms with E-state index in [1.54, 1.807) is 11.8 Å². The third-order valence-corrected chi connectivity index (χ3v) is 4.41. The molecule has 0 aliphatic heterocycles. The lowest BCUT2D eigenvalue weighted by atomic mass is 10.1. The van der Waals surface area contributed by atoms with E-state index in [1.807, 2.05) is 6.07 Å². The quantitative estimate of drug-likeness (QED) is 0.645. The SMILES string of the molecule is CCCc1ccccc1Oc1cc(C)c(SC)c(C)c1. The van der Waals surface area contributed by atoms with Gasteiger partial charge in [0.1, 0.15) is 11.5 Å². The Morgan fingerprint density at radius 2 is 1.70 bits per heavy atom. The van der Waals surface area contributed by atoms with E-state index in [1.165, 1.54) is 21.6 Å². The lowest BCUT2D eigenvalue weighted by Crippen LogP contribution is -1.93. The minimum Gasteiger partial charge on any atom is -0.457 e. The van der Waals surface area contributed by atoms with Gasteiger partial charge in [-0.3, -0.25) is 0 Å². The average Bonchev–Trinajstić information content (AvgIpc) is 2.41. The summed E-state index contributed by atoms with van der Waals surface area (Å²) in [5, 5.41) is 0. The molecule has 0 saturated carbocycles. The van der Waals surface area contributed by atoms with Crippen molar-refractivity contribution in [1.29, 1.82) is 0 Å². The maximum Gasteiger partial charge on any atom is 0.130 e. The van der Waals surface area contributed by atoms with Gasteiger partial charge in [-0.15, -0.1) is 11.8 Å².